The van der Waals surface area contributed by atoms with Gasteiger partial charge in [-0.15, -0.1) is 0 Å². The Hall–Kier alpha value is -3.12. The van der Waals surface area contributed by atoms with Crippen LogP contribution in [0.1, 0.15) is 71.5 Å². The first-order valence-corrected chi connectivity index (χ1v) is 15.1. The summed E-state index contributed by atoms with van der Waals surface area (Å²) in [7, 11) is 2.19. The zero-order chi connectivity index (χ0) is 29.4. The van der Waals surface area contributed by atoms with Gasteiger partial charge < -0.3 is 29.8 Å². The van der Waals surface area contributed by atoms with Gasteiger partial charge in [0.1, 0.15) is 36.0 Å². The third-order valence-electron chi connectivity index (χ3n) is 9.28. The standard InChI is InChI=1S/C31H42N8O3/c1-30(2,3)18-8-9-20-21(13-18)37-23(36-20)10-7-17-11-19(12-17)38(6)14-22-25-26(42-31(4,5)41-25)29(40-22)39-16-35-24-27(32)33-15-34-28(24)39/h8-9,13,15-17,19,22,25-26,29H,7,10-12,14H2,1-6H3,(H,36,37)(H2,32,33,34)/t17-,19-,22-,25-,26-,29-/m1/s1. The number of rotatable bonds is 7. The van der Waals surface area contributed by atoms with E-state index in [1.54, 1.807) is 6.33 Å². The zero-order valence-electron chi connectivity index (χ0n) is 25.4. The number of ether oxygens (including phenoxy) is 3. The van der Waals surface area contributed by atoms with Crippen molar-refractivity contribution in [2.45, 2.75) is 102 Å². The van der Waals surface area contributed by atoms with Crippen LogP contribution in [0.25, 0.3) is 22.2 Å². The fraction of sp³-hybridized carbons (Fsp3) is 0.613. The molecule has 1 saturated carbocycles. The number of aryl methyl sites for hydroxylation is 1. The number of aromatic nitrogens is 6. The van der Waals surface area contributed by atoms with E-state index >= 15 is 0 Å². The average molecular weight is 575 g/mol. The Kier molecular flexibility index (Phi) is 6.58. The van der Waals surface area contributed by atoms with Crippen molar-refractivity contribution in [3.05, 3.63) is 42.2 Å². The summed E-state index contributed by atoms with van der Waals surface area (Å²) in [5, 5.41) is 0. The summed E-state index contributed by atoms with van der Waals surface area (Å²) in [6, 6.07) is 7.13. The van der Waals surface area contributed by atoms with Crippen LogP contribution in [0.15, 0.2) is 30.9 Å². The Morgan fingerprint density at radius 2 is 1.90 bits per heavy atom. The molecule has 3 aliphatic rings. The number of hydrogen-bond acceptors (Lipinski definition) is 9. The van der Waals surface area contributed by atoms with Gasteiger partial charge in [0.25, 0.3) is 0 Å². The first kappa shape index (κ1) is 27.7. The lowest BCUT2D eigenvalue weighted by molar-refractivity contribution is -0.198. The van der Waals surface area contributed by atoms with Crippen LogP contribution in [0.2, 0.25) is 0 Å². The molecule has 42 heavy (non-hydrogen) atoms. The number of nitrogen functional groups attached to an aromatic ring is 1. The van der Waals surface area contributed by atoms with Gasteiger partial charge >= 0.3 is 0 Å². The van der Waals surface area contributed by atoms with E-state index < -0.39 is 12.0 Å². The van der Waals surface area contributed by atoms with Gasteiger partial charge in [0.15, 0.2) is 23.5 Å². The number of H-pyrrole nitrogens is 1. The maximum atomic E-state index is 6.61. The Labute approximate surface area is 246 Å². The van der Waals surface area contributed by atoms with Crippen LogP contribution in [0, 0.1) is 5.92 Å². The largest absolute Gasteiger partial charge is 0.382 e. The number of fused-ring (bicyclic) bond motifs is 3. The van der Waals surface area contributed by atoms with Crippen LogP contribution >= 0.6 is 0 Å². The molecule has 0 unspecified atom stereocenters. The molecule has 224 valence electrons. The molecule has 0 radical (unpaired) electrons. The van der Waals surface area contributed by atoms with E-state index in [4.69, 9.17) is 24.9 Å². The predicted octanol–water partition coefficient (Wildman–Crippen LogP) is 4.34. The molecule has 0 amide bonds. The lowest BCUT2D eigenvalue weighted by Gasteiger charge is -2.42. The second-order valence-electron chi connectivity index (χ2n) is 13.8. The molecule has 11 heteroatoms. The fourth-order valence-corrected chi connectivity index (χ4v) is 6.80. The van der Waals surface area contributed by atoms with E-state index in [0.717, 1.165) is 36.2 Å². The normalized spacial score (nSPS) is 29.0. The molecule has 11 nitrogen and oxygen atoms in total. The van der Waals surface area contributed by atoms with Gasteiger partial charge in [-0.2, -0.15) is 0 Å². The van der Waals surface area contributed by atoms with Crippen molar-refractivity contribution in [2.75, 3.05) is 19.3 Å². The number of imidazole rings is 2. The minimum absolute atomic E-state index is 0.121. The number of nitrogens with two attached hydrogens (primary N) is 1. The molecule has 1 aromatic carbocycles. The van der Waals surface area contributed by atoms with Crippen molar-refractivity contribution in [3.8, 4) is 0 Å². The topological polar surface area (TPSA) is 129 Å². The number of hydrogen-bond donors (Lipinski definition) is 2. The van der Waals surface area contributed by atoms with Crippen LogP contribution in [-0.4, -0.2) is 78.1 Å². The van der Waals surface area contributed by atoms with E-state index in [1.807, 2.05) is 18.4 Å². The van der Waals surface area contributed by atoms with Gasteiger partial charge in [-0.1, -0.05) is 26.8 Å². The molecule has 0 bridgehead atoms. The first-order valence-electron chi connectivity index (χ1n) is 15.1. The smallest absolute Gasteiger partial charge is 0.167 e. The fourth-order valence-electron chi connectivity index (χ4n) is 6.80. The van der Waals surface area contributed by atoms with Crippen LogP contribution < -0.4 is 5.73 Å². The second-order valence-corrected chi connectivity index (χ2v) is 13.8. The number of nitrogens with zero attached hydrogens (tertiary/aromatic N) is 6. The van der Waals surface area contributed by atoms with E-state index in [9.17, 15) is 0 Å². The van der Waals surface area contributed by atoms with E-state index in [2.05, 4.69) is 70.9 Å². The highest BCUT2D eigenvalue weighted by atomic mass is 16.8. The zero-order valence-corrected chi connectivity index (χ0v) is 25.4. The first-order chi connectivity index (χ1) is 19.9. The van der Waals surface area contributed by atoms with E-state index in [-0.39, 0.29) is 23.7 Å². The molecular formula is C31H42N8O3. The molecule has 4 atom stereocenters. The maximum absolute atomic E-state index is 6.61. The molecule has 7 rings (SSSR count). The predicted molar refractivity (Wildman–Crippen MR) is 160 cm³/mol. The van der Waals surface area contributed by atoms with Gasteiger partial charge in [-0.3, -0.25) is 4.57 Å². The van der Waals surface area contributed by atoms with Crippen molar-refractivity contribution in [1.82, 2.24) is 34.4 Å². The number of likely N-dealkylation sites (N-methyl/N-ethyl adjacent to an activating group) is 1. The summed E-state index contributed by atoms with van der Waals surface area (Å²) < 4.78 is 21.2. The monoisotopic (exact) mass is 574 g/mol. The Morgan fingerprint density at radius 1 is 1.12 bits per heavy atom. The molecular weight excluding hydrogens is 532 g/mol. The Bertz CT molecular complexity index is 1600. The van der Waals surface area contributed by atoms with Crippen LogP contribution in [0.3, 0.4) is 0 Å². The third kappa shape index (κ3) is 4.96. The quantitative estimate of drug-likeness (QED) is 0.331. The minimum atomic E-state index is -0.689. The van der Waals surface area contributed by atoms with Gasteiger partial charge in [-0.05, 0) is 69.2 Å². The summed E-state index contributed by atoms with van der Waals surface area (Å²) in [5.41, 5.74) is 10.9. The molecule has 2 aliphatic heterocycles. The lowest BCUT2D eigenvalue weighted by Crippen LogP contribution is -2.48. The van der Waals surface area contributed by atoms with Crippen molar-refractivity contribution in [3.63, 3.8) is 0 Å². The summed E-state index contributed by atoms with van der Waals surface area (Å²) in [6.45, 7) is 11.4. The van der Waals surface area contributed by atoms with Gasteiger partial charge in [-0.25, -0.2) is 19.9 Å². The number of aromatic amines is 1. The second kappa shape index (κ2) is 9.97. The highest BCUT2D eigenvalue weighted by Crippen LogP contribution is 2.45. The number of nitrogens with one attached hydrogen (secondary N) is 1. The van der Waals surface area contributed by atoms with Crippen molar-refractivity contribution < 1.29 is 14.2 Å². The van der Waals surface area contributed by atoms with Crippen molar-refractivity contribution in [1.29, 1.82) is 0 Å². The summed E-state index contributed by atoms with van der Waals surface area (Å²) in [6.07, 6.45) is 6.63. The highest BCUT2D eigenvalue weighted by molar-refractivity contribution is 5.81. The SMILES string of the molecule is CN(C[C@H]1O[C@@H](n2cnc3c(N)ncnc32)[C@@H]2OC(C)(C)O[C@@H]21)[C@H]1C[C@H](CCc2nc3cc(C(C)(C)C)ccc3[nH]2)C1. The van der Waals surface area contributed by atoms with E-state index in [1.165, 1.54) is 24.7 Å². The average Bonchev–Trinajstić information content (AvgIpc) is 3.64. The molecule has 3 N–H and O–H groups in total. The molecule has 3 fully saturated rings. The van der Waals surface area contributed by atoms with Crippen LogP contribution in [0.5, 0.6) is 0 Å². The molecule has 3 aromatic heterocycles. The van der Waals surface area contributed by atoms with Crippen molar-refractivity contribution >= 4 is 28.0 Å². The van der Waals surface area contributed by atoms with Gasteiger partial charge in [0.2, 0.25) is 0 Å². The van der Waals surface area contributed by atoms with Crippen molar-refractivity contribution in [2.24, 2.45) is 5.92 Å². The Balaban J connectivity index is 0.966. The van der Waals surface area contributed by atoms with Gasteiger partial charge in [0.05, 0.1) is 17.4 Å². The number of benzene rings is 1. The molecule has 1 aliphatic carbocycles. The van der Waals surface area contributed by atoms with E-state index in [0.29, 0.717) is 28.9 Å². The van der Waals surface area contributed by atoms with Crippen LogP contribution in [0.4, 0.5) is 5.82 Å². The third-order valence-corrected chi connectivity index (χ3v) is 9.28. The lowest BCUT2D eigenvalue weighted by atomic mass is 9.76. The molecule has 4 aromatic rings. The molecule has 2 saturated heterocycles. The van der Waals surface area contributed by atoms with Gasteiger partial charge in [0, 0.05) is 19.0 Å². The molecule has 5 heterocycles. The maximum Gasteiger partial charge on any atom is 0.167 e. The Morgan fingerprint density at radius 3 is 2.69 bits per heavy atom. The summed E-state index contributed by atoms with van der Waals surface area (Å²) in [5.74, 6) is 1.45. The summed E-state index contributed by atoms with van der Waals surface area (Å²) >= 11 is 0. The van der Waals surface area contributed by atoms with Crippen LogP contribution in [-0.2, 0) is 26.0 Å². The highest BCUT2D eigenvalue weighted by Gasteiger charge is 2.56. The summed E-state index contributed by atoms with van der Waals surface area (Å²) in [4.78, 5) is 23.8. The number of anilines is 1. The molecule has 0 spiro atoms. The minimum Gasteiger partial charge on any atom is -0.382 e.